The van der Waals surface area contributed by atoms with Crippen LogP contribution < -0.4 is 16.0 Å². The molecule has 1 aliphatic carbocycles. The molecule has 1 fully saturated rings. The lowest BCUT2D eigenvalue weighted by Crippen LogP contribution is -2.29. The first kappa shape index (κ1) is 20.9. The summed E-state index contributed by atoms with van der Waals surface area (Å²) in [4.78, 5) is 19.2. The van der Waals surface area contributed by atoms with Crippen LogP contribution in [0.25, 0.3) is 10.3 Å². The molecule has 3 heterocycles. The van der Waals surface area contributed by atoms with Crippen LogP contribution in [-0.4, -0.2) is 43.7 Å². The molecule has 0 aliphatic heterocycles. The third-order valence-electron chi connectivity index (χ3n) is 5.07. The number of aliphatic hydroxyl groups excluding tert-OH is 1. The molecule has 4 N–H and O–H groups in total. The SMILES string of the molecule is CC(C)CNCc1cc(Nc2nc3cccnc3s2)nc(N[C@H]2CC[C@H](O)CC2)n1. The number of aromatic nitrogens is 4. The number of aliphatic hydroxyl groups is 1. The van der Waals surface area contributed by atoms with Crippen molar-refractivity contribution in [1.29, 1.82) is 0 Å². The zero-order valence-electron chi connectivity index (χ0n) is 17.4. The van der Waals surface area contributed by atoms with Crippen LogP contribution in [-0.2, 0) is 6.54 Å². The molecule has 0 amide bonds. The largest absolute Gasteiger partial charge is 0.393 e. The molecular weight excluding hydrogens is 398 g/mol. The molecule has 1 saturated carbocycles. The van der Waals surface area contributed by atoms with E-state index in [1.807, 2.05) is 18.2 Å². The van der Waals surface area contributed by atoms with Crippen LogP contribution in [0.5, 0.6) is 0 Å². The smallest absolute Gasteiger partial charge is 0.225 e. The van der Waals surface area contributed by atoms with Gasteiger partial charge in [0.15, 0.2) is 5.13 Å². The molecule has 3 aromatic heterocycles. The van der Waals surface area contributed by atoms with Gasteiger partial charge in [0.2, 0.25) is 5.95 Å². The van der Waals surface area contributed by atoms with Gasteiger partial charge >= 0.3 is 0 Å². The Bertz CT molecular complexity index is 936. The van der Waals surface area contributed by atoms with Gasteiger partial charge in [-0.15, -0.1) is 0 Å². The van der Waals surface area contributed by atoms with E-state index in [0.717, 1.165) is 53.4 Å². The molecule has 0 bridgehead atoms. The minimum absolute atomic E-state index is 0.180. The van der Waals surface area contributed by atoms with Gasteiger partial charge in [-0.05, 0) is 50.3 Å². The maximum atomic E-state index is 9.76. The van der Waals surface area contributed by atoms with Crippen molar-refractivity contribution < 1.29 is 5.11 Å². The van der Waals surface area contributed by atoms with E-state index in [1.165, 1.54) is 11.3 Å². The fourth-order valence-electron chi connectivity index (χ4n) is 3.54. The van der Waals surface area contributed by atoms with Gasteiger partial charge in [0.25, 0.3) is 0 Å². The van der Waals surface area contributed by atoms with Crippen molar-refractivity contribution in [3.8, 4) is 0 Å². The maximum Gasteiger partial charge on any atom is 0.225 e. The Hall–Kier alpha value is -2.36. The number of pyridine rings is 1. The molecule has 1 aliphatic rings. The van der Waals surface area contributed by atoms with Gasteiger partial charge in [0.05, 0.1) is 11.8 Å². The molecule has 0 aromatic carbocycles. The van der Waals surface area contributed by atoms with E-state index < -0.39 is 0 Å². The number of nitrogens with one attached hydrogen (secondary N) is 3. The zero-order chi connectivity index (χ0) is 20.9. The molecule has 0 saturated heterocycles. The molecule has 160 valence electrons. The van der Waals surface area contributed by atoms with Gasteiger partial charge in [0.1, 0.15) is 16.2 Å². The van der Waals surface area contributed by atoms with Gasteiger partial charge < -0.3 is 21.1 Å². The average Bonchev–Trinajstić information content (AvgIpc) is 3.11. The van der Waals surface area contributed by atoms with Gasteiger partial charge in [-0.3, -0.25) is 0 Å². The summed E-state index contributed by atoms with van der Waals surface area (Å²) in [5.74, 6) is 1.90. The summed E-state index contributed by atoms with van der Waals surface area (Å²) in [6.07, 6.45) is 5.07. The fraction of sp³-hybridized carbons (Fsp3) is 0.524. The Morgan fingerprint density at radius 1 is 1.17 bits per heavy atom. The average molecular weight is 428 g/mol. The first-order chi connectivity index (χ1) is 14.5. The van der Waals surface area contributed by atoms with Crippen molar-refractivity contribution in [2.24, 2.45) is 5.92 Å². The van der Waals surface area contributed by atoms with Gasteiger partial charge in [-0.25, -0.2) is 15.0 Å². The van der Waals surface area contributed by atoms with E-state index in [0.29, 0.717) is 24.2 Å². The van der Waals surface area contributed by atoms with Crippen molar-refractivity contribution in [2.45, 2.75) is 58.2 Å². The number of anilines is 3. The van der Waals surface area contributed by atoms with Crippen molar-refractivity contribution in [2.75, 3.05) is 17.2 Å². The summed E-state index contributed by atoms with van der Waals surface area (Å²) < 4.78 is 0. The summed E-state index contributed by atoms with van der Waals surface area (Å²) >= 11 is 1.50. The summed E-state index contributed by atoms with van der Waals surface area (Å²) in [7, 11) is 0. The maximum absolute atomic E-state index is 9.76. The second-order valence-corrected chi connectivity index (χ2v) is 9.19. The van der Waals surface area contributed by atoms with Crippen LogP contribution in [0, 0.1) is 5.92 Å². The lowest BCUT2D eigenvalue weighted by molar-refractivity contribution is 0.126. The number of hydrogen-bond donors (Lipinski definition) is 4. The quantitative estimate of drug-likeness (QED) is 0.431. The van der Waals surface area contributed by atoms with Crippen LogP contribution in [0.1, 0.15) is 45.2 Å². The molecule has 9 heteroatoms. The third kappa shape index (κ3) is 5.62. The molecule has 0 radical (unpaired) electrons. The van der Waals surface area contributed by atoms with Crippen molar-refractivity contribution >= 4 is 38.6 Å². The first-order valence-corrected chi connectivity index (χ1v) is 11.4. The summed E-state index contributed by atoms with van der Waals surface area (Å²) in [6.45, 7) is 5.98. The van der Waals surface area contributed by atoms with Crippen LogP contribution >= 0.6 is 11.3 Å². The molecular formula is C21H29N7OS. The predicted molar refractivity (Wildman–Crippen MR) is 121 cm³/mol. The third-order valence-corrected chi connectivity index (χ3v) is 5.96. The van der Waals surface area contributed by atoms with E-state index in [4.69, 9.17) is 4.98 Å². The van der Waals surface area contributed by atoms with Crippen LogP contribution in [0.4, 0.5) is 16.9 Å². The Morgan fingerprint density at radius 2 is 2.00 bits per heavy atom. The number of rotatable bonds is 8. The lowest BCUT2D eigenvalue weighted by Gasteiger charge is -2.26. The topological polar surface area (TPSA) is 108 Å². The predicted octanol–water partition coefficient (Wildman–Crippen LogP) is 3.69. The highest BCUT2D eigenvalue weighted by Gasteiger charge is 2.20. The molecule has 0 atom stereocenters. The van der Waals surface area contributed by atoms with Gasteiger partial charge in [-0.1, -0.05) is 25.2 Å². The van der Waals surface area contributed by atoms with Crippen LogP contribution in [0.15, 0.2) is 24.4 Å². The monoisotopic (exact) mass is 427 g/mol. The van der Waals surface area contributed by atoms with E-state index >= 15 is 0 Å². The molecule has 8 nitrogen and oxygen atoms in total. The standard InChI is InChI=1S/C21H29N7OS/c1-13(2)11-22-12-15-10-18(28-21-26-17-4-3-9-23-19(17)30-21)27-20(25-15)24-14-5-7-16(29)8-6-14/h3-4,9-10,13-14,16,22,29H,5-8,11-12H2,1-2H3,(H2,24,25,26,27,28)/t14-,16-. The number of thiazole rings is 1. The molecule has 0 unspecified atom stereocenters. The normalized spacial score (nSPS) is 19.3. The lowest BCUT2D eigenvalue weighted by atomic mass is 9.93. The summed E-state index contributed by atoms with van der Waals surface area (Å²) in [5, 5.41) is 20.8. The van der Waals surface area contributed by atoms with Crippen LogP contribution in [0.3, 0.4) is 0 Å². The minimum Gasteiger partial charge on any atom is -0.393 e. The second kappa shape index (κ2) is 9.63. The molecule has 30 heavy (non-hydrogen) atoms. The highest BCUT2D eigenvalue weighted by Crippen LogP contribution is 2.27. The molecule has 3 aromatic rings. The molecule has 0 spiro atoms. The number of nitrogens with zero attached hydrogens (tertiary/aromatic N) is 4. The summed E-state index contributed by atoms with van der Waals surface area (Å²) in [6, 6.07) is 6.09. The fourth-order valence-corrected chi connectivity index (χ4v) is 4.36. The Labute approximate surface area is 180 Å². The number of fused-ring (bicyclic) bond motifs is 1. The van der Waals surface area contributed by atoms with Crippen molar-refractivity contribution in [3.63, 3.8) is 0 Å². The second-order valence-electron chi connectivity index (χ2n) is 8.21. The highest BCUT2D eigenvalue weighted by molar-refractivity contribution is 7.21. The van der Waals surface area contributed by atoms with E-state index in [2.05, 4.69) is 44.7 Å². The van der Waals surface area contributed by atoms with E-state index in [9.17, 15) is 5.11 Å². The van der Waals surface area contributed by atoms with Crippen LogP contribution in [0.2, 0.25) is 0 Å². The first-order valence-electron chi connectivity index (χ1n) is 10.6. The van der Waals surface area contributed by atoms with E-state index in [-0.39, 0.29) is 12.1 Å². The Morgan fingerprint density at radius 3 is 2.77 bits per heavy atom. The van der Waals surface area contributed by atoms with Crippen molar-refractivity contribution in [1.82, 2.24) is 25.3 Å². The number of hydrogen-bond acceptors (Lipinski definition) is 9. The molecule has 4 rings (SSSR count). The zero-order valence-corrected chi connectivity index (χ0v) is 18.2. The Balaban J connectivity index is 1.52. The van der Waals surface area contributed by atoms with Crippen molar-refractivity contribution in [3.05, 3.63) is 30.1 Å². The van der Waals surface area contributed by atoms with Gasteiger partial charge in [-0.2, -0.15) is 4.98 Å². The highest BCUT2D eigenvalue weighted by atomic mass is 32.1. The summed E-state index contributed by atoms with van der Waals surface area (Å²) in [5.41, 5.74) is 1.79. The Kier molecular flexibility index (Phi) is 6.71. The van der Waals surface area contributed by atoms with Gasteiger partial charge in [0, 0.05) is 24.8 Å². The van der Waals surface area contributed by atoms with E-state index in [1.54, 1.807) is 6.20 Å². The minimum atomic E-state index is -0.180.